The Morgan fingerprint density at radius 2 is 2.00 bits per heavy atom. The van der Waals surface area contributed by atoms with E-state index in [4.69, 9.17) is 4.74 Å². The van der Waals surface area contributed by atoms with Crippen LogP contribution in [0.5, 0.6) is 5.88 Å². The van der Waals surface area contributed by atoms with Crippen LogP contribution in [0.4, 0.5) is 8.78 Å². The van der Waals surface area contributed by atoms with Crippen molar-refractivity contribution in [3.63, 3.8) is 0 Å². The molecule has 7 nitrogen and oxygen atoms in total. The second kappa shape index (κ2) is 8.23. The maximum atomic E-state index is 14.7. The number of halogens is 2. The molecule has 5 rings (SSSR count). The van der Waals surface area contributed by atoms with Crippen LogP contribution in [0.25, 0.3) is 16.6 Å². The standard InChI is InChI=1S/C24H21F2N5O2/c1-16-4-2-5-17-8-9-21(28-22(16)17)33-20-15-30(12-10-24(20,25)26)23(32)18-6-3-7-19(14-18)31-13-11-27-29-31/h2-9,11,13-14,20H,10,12,15H2,1H3/t20-/m0/s1. The summed E-state index contributed by atoms with van der Waals surface area (Å²) in [4.78, 5) is 18.9. The predicted octanol–water partition coefficient (Wildman–Crippen LogP) is 4.05. The highest BCUT2D eigenvalue weighted by atomic mass is 19.3. The molecule has 0 spiro atoms. The highest BCUT2D eigenvalue weighted by Crippen LogP contribution is 2.32. The summed E-state index contributed by atoms with van der Waals surface area (Å²) >= 11 is 0. The maximum absolute atomic E-state index is 14.7. The van der Waals surface area contributed by atoms with Crippen molar-refractivity contribution in [2.24, 2.45) is 0 Å². The molecule has 1 saturated heterocycles. The average Bonchev–Trinajstić information content (AvgIpc) is 3.36. The lowest BCUT2D eigenvalue weighted by Gasteiger charge is -2.38. The predicted molar refractivity (Wildman–Crippen MR) is 118 cm³/mol. The normalized spacial score (nSPS) is 17.8. The van der Waals surface area contributed by atoms with Crippen LogP contribution in [0.2, 0.25) is 0 Å². The molecule has 0 bridgehead atoms. The van der Waals surface area contributed by atoms with E-state index in [1.165, 1.54) is 15.8 Å². The molecule has 1 atom stereocenters. The third-order valence-electron chi connectivity index (χ3n) is 5.80. The van der Waals surface area contributed by atoms with E-state index in [-0.39, 0.29) is 24.9 Å². The first kappa shape index (κ1) is 21.0. The van der Waals surface area contributed by atoms with E-state index in [0.717, 1.165) is 10.9 Å². The van der Waals surface area contributed by atoms with Gasteiger partial charge < -0.3 is 9.64 Å². The number of aryl methyl sites for hydroxylation is 1. The second-order valence-corrected chi connectivity index (χ2v) is 8.06. The van der Waals surface area contributed by atoms with Crippen molar-refractivity contribution >= 4 is 16.8 Å². The number of hydrogen-bond acceptors (Lipinski definition) is 5. The summed E-state index contributed by atoms with van der Waals surface area (Å²) in [6.07, 6.45) is 1.21. The topological polar surface area (TPSA) is 73.1 Å². The number of rotatable bonds is 4. The molecule has 0 aliphatic carbocycles. The van der Waals surface area contributed by atoms with Gasteiger partial charge in [0.05, 0.1) is 30.1 Å². The Labute approximate surface area is 188 Å². The Morgan fingerprint density at radius 1 is 1.15 bits per heavy atom. The first-order chi connectivity index (χ1) is 15.9. The van der Waals surface area contributed by atoms with Gasteiger partial charge in [-0.05, 0) is 36.8 Å². The van der Waals surface area contributed by atoms with Gasteiger partial charge in [0.15, 0.2) is 6.10 Å². The van der Waals surface area contributed by atoms with E-state index in [0.29, 0.717) is 16.8 Å². The lowest BCUT2D eigenvalue weighted by atomic mass is 10.0. The number of carbonyl (C=O) groups excluding carboxylic acids is 1. The number of para-hydroxylation sites is 1. The first-order valence-electron chi connectivity index (χ1n) is 10.6. The molecule has 2 aromatic carbocycles. The molecule has 0 radical (unpaired) electrons. The van der Waals surface area contributed by atoms with E-state index in [2.05, 4.69) is 15.3 Å². The minimum Gasteiger partial charge on any atom is -0.466 e. The molecule has 0 N–H and O–H groups in total. The van der Waals surface area contributed by atoms with Gasteiger partial charge in [0.1, 0.15) is 0 Å². The van der Waals surface area contributed by atoms with Crippen molar-refractivity contribution in [2.75, 3.05) is 13.1 Å². The van der Waals surface area contributed by atoms with Gasteiger partial charge in [0.2, 0.25) is 5.88 Å². The van der Waals surface area contributed by atoms with Crippen molar-refractivity contribution in [1.29, 1.82) is 0 Å². The van der Waals surface area contributed by atoms with E-state index in [9.17, 15) is 13.6 Å². The first-order valence-corrected chi connectivity index (χ1v) is 10.6. The van der Waals surface area contributed by atoms with Gasteiger partial charge in [-0.25, -0.2) is 18.4 Å². The highest BCUT2D eigenvalue weighted by molar-refractivity contribution is 5.95. The summed E-state index contributed by atoms with van der Waals surface area (Å²) in [6.45, 7) is 1.60. The fourth-order valence-corrected chi connectivity index (χ4v) is 3.98. The minimum atomic E-state index is -3.08. The van der Waals surface area contributed by atoms with Gasteiger partial charge in [0.25, 0.3) is 11.8 Å². The maximum Gasteiger partial charge on any atom is 0.287 e. The number of hydrogen-bond donors (Lipinski definition) is 0. The third-order valence-corrected chi connectivity index (χ3v) is 5.80. The number of alkyl halides is 2. The van der Waals surface area contributed by atoms with Crippen LogP contribution in [-0.2, 0) is 0 Å². The molecule has 3 heterocycles. The Morgan fingerprint density at radius 3 is 2.82 bits per heavy atom. The summed E-state index contributed by atoms with van der Waals surface area (Å²) in [5.41, 5.74) is 2.67. The second-order valence-electron chi connectivity index (χ2n) is 8.06. The Hall–Kier alpha value is -3.88. The molecule has 0 unspecified atom stereocenters. The fraction of sp³-hybridized carbons (Fsp3) is 0.250. The number of likely N-dealkylation sites (tertiary alicyclic amines) is 1. The van der Waals surface area contributed by atoms with E-state index in [1.54, 1.807) is 42.6 Å². The van der Waals surface area contributed by atoms with Crippen molar-refractivity contribution in [3.8, 4) is 11.6 Å². The minimum absolute atomic E-state index is 0.0660. The van der Waals surface area contributed by atoms with Crippen molar-refractivity contribution < 1.29 is 18.3 Å². The lowest BCUT2D eigenvalue weighted by molar-refractivity contribution is -0.131. The zero-order chi connectivity index (χ0) is 23.0. The van der Waals surface area contributed by atoms with Crippen molar-refractivity contribution in [2.45, 2.75) is 25.4 Å². The smallest absolute Gasteiger partial charge is 0.287 e. The monoisotopic (exact) mass is 449 g/mol. The Bertz CT molecular complexity index is 1310. The number of aromatic nitrogens is 4. The molecule has 2 aromatic heterocycles. The quantitative estimate of drug-likeness (QED) is 0.470. The zero-order valence-electron chi connectivity index (χ0n) is 17.9. The van der Waals surface area contributed by atoms with Crippen molar-refractivity contribution in [3.05, 3.63) is 78.1 Å². The molecule has 0 saturated carbocycles. The molecule has 1 amide bonds. The Kier molecular flexibility index (Phi) is 5.24. The van der Waals surface area contributed by atoms with Crippen LogP contribution >= 0.6 is 0 Å². The van der Waals surface area contributed by atoms with Gasteiger partial charge in [-0.2, -0.15) is 0 Å². The number of nitrogens with zero attached hydrogens (tertiary/aromatic N) is 5. The molecule has 1 fully saturated rings. The number of piperidine rings is 1. The van der Waals surface area contributed by atoms with E-state index < -0.39 is 18.4 Å². The highest BCUT2D eigenvalue weighted by Gasteiger charge is 2.47. The molecular weight excluding hydrogens is 428 g/mol. The molecule has 9 heteroatoms. The van der Waals surface area contributed by atoms with Crippen LogP contribution in [0.1, 0.15) is 22.3 Å². The SMILES string of the molecule is Cc1cccc2ccc(O[C@H]3CN(C(=O)c4cccc(-n5ccnn5)c4)CCC3(F)F)nc12. The van der Waals surface area contributed by atoms with Crippen LogP contribution in [0.3, 0.4) is 0 Å². The molecule has 1 aliphatic heterocycles. The van der Waals surface area contributed by atoms with E-state index >= 15 is 0 Å². The number of benzene rings is 2. The molecule has 33 heavy (non-hydrogen) atoms. The van der Waals surface area contributed by atoms with Crippen molar-refractivity contribution in [1.82, 2.24) is 24.9 Å². The third kappa shape index (κ3) is 4.13. The number of ether oxygens (including phenoxy) is 1. The van der Waals surface area contributed by atoms with E-state index in [1.807, 2.05) is 25.1 Å². The largest absolute Gasteiger partial charge is 0.466 e. The van der Waals surface area contributed by atoms with Gasteiger partial charge >= 0.3 is 0 Å². The molecular formula is C24H21F2N5O2. The van der Waals surface area contributed by atoms with Crippen LogP contribution < -0.4 is 4.74 Å². The number of amides is 1. The molecule has 4 aromatic rings. The van der Waals surface area contributed by atoms with Crippen LogP contribution in [-0.4, -0.2) is 55.9 Å². The summed E-state index contributed by atoms with van der Waals surface area (Å²) in [7, 11) is 0. The summed E-state index contributed by atoms with van der Waals surface area (Å²) in [6, 6.07) is 15.9. The van der Waals surface area contributed by atoms with Crippen LogP contribution in [0, 0.1) is 6.92 Å². The average molecular weight is 449 g/mol. The number of carbonyl (C=O) groups is 1. The number of pyridine rings is 1. The Balaban J connectivity index is 1.37. The summed E-state index contributed by atoms with van der Waals surface area (Å²) in [5.74, 6) is -3.31. The summed E-state index contributed by atoms with van der Waals surface area (Å²) < 4.78 is 36.6. The van der Waals surface area contributed by atoms with Gasteiger partial charge in [-0.3, -0.25) is 4.79 Å². The fourth-order valence-electron chi connectivity index (χ4n) is 3.98. The molecule has 1 aliphatic rings. The van der Waals surface area contributed by atoms with Crippen LogP contribution in [0.15, 0.2) is 67.0 Å². The van der Waals surface area contributed by atoms with Gasteiger partial charge in [-0.15, -0.1) is 5.10 Å². The summed E-state index contributed by atoms with van der Waals surface area (Å²) in [5, 5.41) is 8.59. The number of fused-ring (bicyclic) bond motifs is 1. The van der Waals surface area contributed by atoms with Gasteiger partial charge in [0, 0.05) is 30.0 Å². The van der Waals surface area contributed by atoms with Gasteiger partial charge in [-0.1, -0.05) is 29.5 Å². The lowest BCUT2D eigenvalue weighted by Crippen LogP contribution is -2.55. The zero-order valence-corrected chi connectivity index (χ0v) is 17.9. The molecule has 168 valence electrons.